The maximum Gasteiger partial charge on any atom is 0.327 e. The van der Waals surface area contributed by atoms with Crippen molar-refractivity contribution in [2.45, 2.75) is 115 Å². The number of aliphatic hydroxyl groups is 1. The van der Waals surface area contributed by atoms with Gasteiger partial charge in [0.05, 0.1) is 46.6 Å². The van der Waals surface area contributed by atoms with Crippen LogP contribution >= 0.6 is 0 Å². The van der Waals surface area contributed by atoms with Gasteiger partial charge in [0, 0.05) is 42.6 Å². The number of hydroxylamine groups is 2. The second-order valence-corrected chi connectivity index (χ2v) is 22.9. The number of imide groups is 1. The molecule has 2 aliphatic heterocycles. The van der Waals surface area contributed by atoms with Crippen LogP contribution in [0.3, 0.4) is 0 Å². The van der Waals surface area contributed by atoms with Gasteiger partial charge in [0.1, 0.15) is 22.3 Å². The van der Waals surface area contributed by atoms with Crippen LogP contribution in [-0.4, -0.2) is 113 Å². The quantitative estimate of drug-likeness (QED) is 0.0222. The van der Waals surface area contributed by atoms with Gasteiger partial charge >= 0.3 is 5.82 Å². The number of nitrogens with zero attached hydrogens (tertiary/aromatic N) is 4. The molecule has 5 rings (SSSR count). The molecule has 2 aromatic carbocycles. The highest BCUT2D eigenvalue weighted by atomic mass is 32.2. The zero-order valence-electron chi connectivity index (χ0n) is 41.8. The highest BCUT2D eigenvalue weighted by molar-refractivity contribution is 7.90. The van der Waals surface area contributed by atoms with Crippen LogP contribution in [0.25, 0.3) is 10.8 Å². The topological polar surface area (TPSA) is 289 Å². The Morgan fingerprint density at radius 1 is 0.859 bits per heavy atom. The SMILES string of the molecule is CC1(C)C(/C=C/C=C/C=C2/N(CCCS(=O)(=O)O)c3ccc4cc(S(=O)(=O)O)ccc4c3C2(C)C)=Nc2c1cc(C(N)=O)c[n+]2CCCS(C)(=O)=O.CCCC.CON(C=O)C=O.O=CCCCCCO. The van der Waals surface area contributed by atoms with Crippen LogP contribution in [0, 0.1) is 0 Å². The highest BCUT2D eigenvalue weighted by Crippen LogP contribution is 2.51. The molecule has 0 unspecified atom stereocenters. The van der Waals surface area contributed by atoms with Crippen molar-refractivity contribution in [3.8, 4) is 0 Å². The van der Waals surface area contributed by atoms with E-state index in [4.69, 9.17) is 15.8 Å². The predicted octanol–water partition coefficient (Wildman–Crippen LogP) is 6.05. The summed E-state index contributed by atoms with van der Waals surface area (Å²) in [7, 11) is -10.5. The number of aldehydes is 1. The number of fused-ring (bicyclic) bond motifs is 4. The van der Waals surface area contributed by atoms with E-state index in [2.05, 4.69) is 18.7 Å². The second-order valence-electron chi connectivity index (χ2n) is 17.7. The lowest BCUT2D eigenvalue weighted by atomic mass is 9.81. The van der Waals surface area contributed by atoms with Crippen LogP contribution in [0.2, 0.25) is 0 Å². The number of aromatic nitrogens is 1. The first-order valence-corrected chi connectivity index (χ1v) is 28.0. The molecular formula is C49H70N5O14S3+. The fourth-order valence-corrected chi connectivity index (χ4v) is 9.19. The molecule has 5 N–H and O–H groups in total. The monoisotopic (exact) mass is 1050 g/mol. The van der Waals surface area contributed by atoms with Gasteiger partial charge in [-0.25, -0.2) is 13.0 Å². The molecule has 3 amide bonds. The van der Waals surface area contributed by atoms with Crippen LogP contribution in [0.1, 0.15) is 114 Å². The first-order valence-electron chi connectivity index (χ1n) is 22.9. The number of aliphatic imine (C=N–C) groups is 1. The zero-order valence-corrected chi connectivity index (χ0v) is 44.2. The number of nitrogens with two attached hydrogens (primary N) is 1. The number of aryl methyl sites for hydroxylation is 1. The number of primary amides is 1. The Hall–Kier alpha value is -5.49. The lowest BCUT2D eigenvalue weighted by Crippen LogP contribution is -2.37. The molecule has 0 saturated carbocycles. The third-order valence-corrected chi connectivity index (χ3v) is 14.1. The molecule has 0 radical (unpaired) electrons. The smallest absolute Gasteiger partial charge is 0.327 e. The van der Waals surface area contributed by atoms with Gasteiger partial charge in [0.15, 0.2) is 5.71 Å². The first kappa shape index (κ1) is 61.6. The number of carbonyl (C=O) groups excluding carboxylic acids is 4. The minimum atomic E-state index is -4.41. The molecule has 0 atom stereocenters. The number of hydrogen-bond donors (Lipinski definition) is 4. The zero-order chi connectivity index (χ0) is 53.8. The summed E-state index contributed by atoms with van der Waals surface area (Å²) < 4.78 is 91.0. The van der Waals surface area contributed by atoms with E-state index in [1.54, 1.807) is 29.0 Å². The number of anilines is 1. The van der Waals surface area contributed by atoms with E-state index in [0.717, 1.165) is 59.2 Å². The standard InChI is InChI=1S/C36H42N4O9S3.C6H12O2.C4H10.C3H5NO3/c1-35(2)28-22-25(33(37)41)23-39(17-9-19-50(5,42)43)34(28)38-30(35)11-7-6-8-12-31-36(3,4)32-27-15-14-26(52(47,48)49)21-24(27)13-16-29(32)40(31)18-10-20-51(44,45)46;7-5-3-1-2-4-6-8;1-3-4-2;1-7-4(2-5)3-6/h6-8,11-16,21-23H,9-10,17-20H2,1-5H3,(H3-,37,41,44,45,46,47,48,49);5,8H,1-4,6H2;3-4H2,1-2H3;2-3H,1H3/p+1. The summed E-state index contributed by atoms with van der Waals surface area (Å²) in [5, 5.41) is 10.2. The molecule has 71 heavy (non-hydrogen) atoms. The van der Waals surface area contributed by atoms with E-state index in [-0.39, 0.29) is 43.0 Å². The molecule has 0 fully saturated rings. The summed E-state index contributed by atoms with van der Waals surface area (Å²) in [5.41, 5.74) is 8.75. The van der Waals surface area contributed by atoms with Gasteiger partial charge in [-0.1, -0.05) is 77.3 Å². The fourth-order valence-electron chi connectivity index (χ4n) is 7.53. The molecule has 22 heteroatoms. The van der Waals surface area contributed by atoms with Crippen molar-refractivity contribution in [2.75, 3.05) is 42.9 Å². The number of pyridine rings is 1. The fraction of sp³-hybridized carbons (Fsp3) is 0.469. The van der Waals surface area contributed by atoms with Crippen molar-refractivity contribution in [1.29, 1.82) is 0 Å². The van der Waals surface area contributed by atoms with Gasteiger partial charge < -0.3 is 20.5 Å². The largest absolute Gasteiger partial charge is 0.396 e. The number of sulfone groups is 1. The lowest BCUT2D eigenvalue weighted by molar-refractivity contribution is -0.684. The maximum absolute atomic E-state index is 12.2. The number of hydrogen-bond acceptors (Lipinski definition) is 14. The van der Waals surface area contributed by atoms with E-state index in [1.165, 1.54) is 38.3 Å². The molecule has 3 aromatic rings. The van der Waals surface area contributed by atoms with Crippen molar-refractivity contribution in [3.05, 3.63) is 95.4 Å². The number of benzene rings is 2. The minimum absolute atomic E-state index is 0.0131. The third-order valence-electron chi connectivity index (χ3n) is 11.4. The molecule has 3 heterocycles. The van der Waals surface area contributed by atoms with Crippen molar-refractivity contribution in [2.24, 2.45) is 10.7 Å². The summed E-state index contributed by atoms with van der Waals surface area (Å²) in [6.07, 6.45) is 20.0. The molecular weight excluding hydrogens is 979 g/mol. The van der Waals surface area contributed by atoms with Crippen LogP contribution in [0.15, 0.2) is 88.6 Å². The molecule has 0 aliphatic carbocycles. The first-order chi connectivity index (χ1) is 33.2. The molecule has 392 valence electrons. The van der Waals surface area contributed by atoms with Crippen LogP contribution in [0.5, 0.6) is 0 Å². The summed E-state index contributed by atoms with van der Waals surface area (Å²) in [5.74, 6) is -0.415. The summed E-state index contributed by atoms with van der Waals surface area (Å²) in [6.45, 7) is 13.2. The van der Waals surface area contributed by atoms with Gasteiger partial charge in [-0.15, -0.1) is 0 Å². The Morgan fingerprint density at radius 2 is 1.52 bits per heavy atom. The van der Waals surface area contributed by atoms with E-state index in [1.807, 2.05) is 69.0 Å². The molecule has 2 aliphatic rings. The normalized spacial score (nSPS) is 15.2. The van der Waals surface area contributed by atoms with Crippen molar-refractivity contribution < 1.29 is 68.0 Å². The molecule has 1 aromatic heterocycles. The van der Waals surface area contributed by atoms with Crippen LogP contribution in [-0.2, 0) is 66.7 Å². The number of carbonyl (C=O) groups is 4. The molecule has 0 spiro atoms. The van der Waals surface area contributed by atoms with E-state index >= 15 is 0 Å². The van der Waals surface area contributed by atoms with Crippen molar-refractivity contribution in [1.82, 2.24) is 5.06 Å². The van der Waals surface area contributed by atoms with E-state index < -0.39 is 52.6 Å². The van der Waals surface area contributed by atoms with Gasteiger partial charge in [-0.2, -0.15) is 21.9 Å². The molecule has 0 bridgehead atoms. The number of unbranched alkanes of at least 4 members (excludes halogenated alkanes) is 4. The van der Waals surface area contributed by atoms with Gasteiger partial charge in [-0.3, -0.25) is 28.3 Å². The Labute approximate surface area is 418 Å². The Kier molecular flexibility index (Phi) is 24.2. The predicted molar refractivity (Wildman–Crippen MR) is 274 cm³/mol. The van der Waals surface area contributed by atoms with Crippen LogP contribution < -0.4 is 15.2 Å². The average molecular weight is 1050 g/mol. The summed E-state index contributed by atoms with van der Waals surface area (Å²) in [6, 6.07) is 9.72. The number of amides is 3. The third kappa shape index (κ3) is 18.6. The van der Waals surface area contributed by atoms with Gasteiger partial charge in [-0.05, 0) is 97.3 Å². The van der Waals surface area contributed by atoms with E-state index in [9.17, 15) is 53.5 Å². The van der Waals surface area contributed by atoms with Gasteiger partial charge in [0.25, 0.3) is 26.1 Å². The summed E-state index contributed by atoms with van der Waals surface area (Å²) >= 11 is 0. The second kappa shape index (κ2) is 27.9. The average Bonchev–Trinajstić information content (AvgIpc) is 3.68. The number of aliphatic hydroxyl groups excluding tert-OH is 1. The lowest BCUT2D eigenvalue weighted by Gasteiger charge is -2.27. The van der Waals surface area contributed by atoms with Crippen molar-refractivity contribution in [3.63, 3.8) is 0 Å². The molecule has 0 saturated heterocycles. The molecule has 19 nitrogen and oxygen atoms in total. The van der Waals surface area contributed by atoms with Crippen LogP contribution in [0.4, 0.5) is 11.5 Å². The Morgan fingerprint density at radius 3 is 2.04 bits per heavy atom. The van der Waals surface area contributed by atoms with Crippen molar-refractivity contribution >= 4 is 83.1 Å². The van der Waals surface area contributed by atoms with Gasteiger partial charge in [0.2, 0.25) is 12.8 Å². The Balaban J connectivity index is 0.000000767. The minimum Gasteiger partial charge on any atom is -0.396 e. The highest BCUT2D eigenvalue weighted by Gasteiger charge is 2.43. The van der Waals surface area contributed by atoms with E-state index in [0.29, 0.717) is 41.2 Å². The maximum atomic E-state index is 12.2. The summed E-state index contributed by atoms with van der Waals surface area (Å²) in [4.78, 5) is 51.7. The number of allylic oxidation sites excluding steroid dienone is 6. The number of rotatable bonds is 22. The Bertz CT molecular complexity index is 2790.